The van der Waals surface area contributed by atoms with Gasteiger partial charge in [0.25, 0.3) is 0 Å². The van der Waals surface area contributed by atoms with Gasteiger partial charge in [-0.2, -0.15) is 0 Å². The number of hydrogen-bond acceptors (Lipinski definition) is 4. The Morgan fingerprint density at radius 2 is 1.61 bits per heavy atom. The van der Waals surface area contributed by atoms with Gasteiger partial charge >= 0.3 is 0 Å². The first-order valence-corrected chi connectivity index (χ1v) is 11.8. The van der Waals surface area contributed by atoms with Crippen molar-refractivity contribution < 1.29 is 4.42 Å². The minimum absolute atomic E-state index is 0.0351. The summed E-state index contributed by atoms with van der Waals surface area (Å²) in [5, 5.41) is 2.18. The third-order valence-corrected chi connectivity index (χ3v) is 6.67. The van der Waals surface area contributed by atoms with Crippen LogP contribution >= 0.6 is 0 Å². The van der Waals surface area contributed by atoms with Crippen LogP contribution in [-0.4, -0.2) is 11.1 Å². The summed E-state index contributed by atoms with van der Waals surface area (Å²) in [5.74, 6) is 0.372. The van der Waals surface area contributed by atoms with E-state index in [2.05, 4.69) is 112 Å². The highest BCUT2D eigenvalue weighted by Crippen LogP contribution is 2.49. The predicted molar refractivity (Wildman–Crippen MR) is 138 cm³/mol. The van der Waals surface area contributed by atoms with E-state index < -0.39 is 0 Å². The molecule has 0 aliphatic carbocycles. The van der Waals surface area contributed by atoms with Gasteiger partial charge in [0.05, 0.1) is 5.69 Å². The maximum Gasteiger partial charge on any atom is 0.227 e. The molecule has 33 heavy (non-hydrogen) atoms. The van der Waals surface area contributed by atoms with Crippen LogP contribution in [0.25, 0.3) is 22.1 Å². The Morgan fingerprint density at radius 3 is 2.27 bits per heavy atom. The number of nitrogens with zero attached hydrogens (tertiary/aromatic N) is 3. The summed E-state index contributed by atoms with van der Waals surface area (Å²) >= 11 is 0. The third-order valence-electron chi connectivity index (χ3n) is 6.67. The fraction of sp³-hybridized carbons (Fsp3) is 0.345. The Kier molecular flexibility index (Phi) is 5.00. The number of anilines is 2. The zero-order chi connectivity index (χ0) is 23.5. The molecule has 1 unspecified atom stereocenters. The number of rotatable bonds is 3. The number of allylic oxidation sites excluding steroid dienone is 2. The molecule has 1 atom stereocenters. The molecular formula is C29H33N3O. The first kappa shape index (κ1) is 21.6. The lowest BCUT2D eigenvalue weighted by atomic mass is 9.89. The van der Waals surface area contributed by atoms with Gasteiger partial charge < -0.3 is 14.2 Å². The van der Waals surface area contributed by atoms with Crippen LogP contribution in [0.5, 0.6) is 0 Å². The number of hydrogen-bond donors (Lipinski definition) is 0. The Labute approximate surface area is 196 Å². The second kappa shape index (κ2) is 7.65. The molecule has 4 aromatic rings. The highest BCUT2D eigenvalue weighted by atomic mass is 16.3. The van der Waals surface area contributed by atoms with Gasteiger partial charge in [0.2, 0.25) is 5.71 Å². The second-order valence-corrected chi connectivity index (χ2v) is 10.5. The number of pyridine rings is 1. The van der Waals surface area contributed by atoms with E-state index >= 15 is 0 Å². The van der Waals surface area contributed by atoms with Gasteiger partial charge in [-0.25, -0.2) is 4.98 Å². The molecule has 0 fully saturated rings. The Morgan fingerprint density at radius 1 is 0.879 bits per heavy atom. The lowest BCUT2D eigenvalue weighted by molar-refractivity contribution is 0.320. The van der Waals surface area contributed by atoms with Crippen LogP contribution in [0, 0.1) is 18.3 Å². The molecule has 3 heterocycles. The molecule has 1 aliphatic heterocycles. The first-order valence-electron chi connectivity index (χ1n) is 11.8. The van der Waals surface area contributed by atoms with Crippen molar-refractivity contribution in [2.75, 3.05) is 9.80 Å². The Bertz CT molecular complexity index is 1360. The van der Waals surface area contributed by atoms with E-state index in [-0.39, 0.29) is 11.6 Å². The standard InChI is InChI=1S/C29H33N3O/c1-18(2)24-20(4)31(28(29(5,6)7)32(24)21-12-9-8-10-13-21)25-19(3)15-16-22-23-14-11-17-30-27(23)33-26(22)25/h8-18,28H,1-7H3. The zero-order valence-corrected chi connectivity index (χ0v) is 20.7. The Hall–Kier alpha value is -3.27. The van der Waals surface area contributed by atoms with Crippen LogP contribution in [0.15, 0.2) is 76.6 Å². The van der Waals surface area contributed by atoms with Crippen molar-refractivity contribution >= 4 is 33.4 Å². The van der Waals surface area contributed by atoms with E-state index in [1.165, 1.54) is 22.6 Å². The molecule has 0 radical (unpaired) electrons. The molecule has 5 rings (SSSR count). The minimum Gasteiger partial charge on any atom is -0.435 e. The van der Waals surface area contributed by atoms with E-state index in [1.807, 2.05) is 6.07 Å². The van der Waals surface area contributed by atoms with Crippen molar-refractivity contribution in [1.29, 1.82) is 0 Å². The molecule has 170 valence electrons. The van der Waals surface area contributed by atoms with Crippen LogP contribution in [0.4, 0.5) is 11.4 Å². The monoisotopic (exact) mass is 439 g/mol. The lowest BCUT2D eigenvalue weighted by Crippen LogP contribution is -2.50. The molecule has 0 saturated heterocycles. The summed E-state index contributed by atoms with van der Waals surface area (Å²) in [6, 6.07) is 19.2. The summed E-state index contributed by atoms with van der Waals surface area (Å²) in [5.41, 5.74) is 7.76. The van der Waals surface area contributed by atoms with E-state index in [0.717, 1.165) is 22.0 Å². The quantitative estimate of drug-likeness (QED) is 0.325. The molecule has 0 spiro atoms. The van der Waals surface area contributed by atoms with Gasteiger partial charge in [-0.15, -0.1) is 0 Å². The van der Waals surface area contributed by atoms with Crippen LogP contribution in [0.2, 0.25) is 0 Å². The third kappa shape index (κ3) is 3.31. The number of aromatic nitrogens is 1. The van der Waals surface area contributed by atoms with Gasteiger partial charge in [0.15, 0.2) is 5.58 Å². The van der Waals surface area contributed by atoms with E-state index in [4.69, 9.17) is 4.42 Å². The second-order valence-electron chi connectivity index (χ2n) is 10.5. The van der Waals surface area contributed by atoms with Crippen LogP contribution in [0.1, 0.15) is 47.1 Å². The average molecular weight is 440 g/mol. The number of aryl methyl sites for hydroxylation is 1. The van der Waals surface area contributed by atoms with Crippen molar-refractivity contribution in [2.24, 2.45) is 11.3 Å². The minimum atomic E-state index is -0.0351. The zero-order valence-electron chi connectivity index (χ0n) is 20.7. The number of benzene rings is 2. The van der Waals surface area contributed by atoms with Crippen molar-refractivity contribution in [1.82, 2.24) is 4.98 Å². The normalized spacial score (nSPS) is 17.3. The first-order chi connectivity index (χ1) is 15.7. The van der Waals surface area contributed by atoms with Gasteiger partial charge in [0, 0.05) is 39.5 Å². The van der Waals surface area contributed by atoms with Gasteiger partial charge in [0.1, 0.15) is 6.17 Å². The highest BCUT2D eigenvalue weighted by molar-refractivity contribution is 6.09. The molecule has 2 aromatic heterocycles. The molecular weight excluding hydrogens is 406 g/mol. The molecule has 1 aliphatic rings. The van der Waals surface area contributed by atoms with Crippen molar-refractivity contribution in [2.45, 2.75) is 54.6 Å². The molecule has 0 amide bonds. The number of fused-ring (bicyclic) bond motifs is 3. The van der Waals surface area contributed by atoms with E-state index in [0.29, 0.717) is 11.6 Å². The van der Waals surface area contributed by atoms with Crippen molar-refractivity contribution in [3.8, 4) is 0 Å². The topological polar surface area (TPSA) is 32.5 Å². The largest absolute Gasteiger partial charge is 0.435 e. The summed E-state index contributed by atoms with van der Waals surface area (Å²) in [4.78, 5) is 9.56. The molecule has 0 saturated carbocycles. The average Bonchev–Trinajstić information content (AvgIpc) is 3.29. The fourth-order valence-electron chi connectivity index (χ4n) is 5.42. The van der Waals surface area contributed by atoms with Crippen molar-refractivity contribution in [3.63, 3.8) is 0 Å². The molecule has 2 aromatic carbocycles. The molecule has 4 heteroatoms. The van der Waals surface area contributed by atoms with Gasteiger partial charge in [-0.3, -0.25) is 0 Å². The SMILES string of the molecule is CC1=C(C(C)C)N(c2ccccc2)C(C(C)(C)C)N1c1c(C)ccc2c1oc1ncccc12. The molecule has 4 nitrogen and oxygen atoms in total. The van der Waals surface area contributed by atoms with Crippen LogP contribution in [0.3, 0.4) is 0 Å². The molecule has 0 bridgehead atoms. The summed E-state index contributed by atoms with van der Waals surface area (Å²) in [7, 11) is 0. The highest BCUT2D eigenvalue weighted by Gasteiger charge is 2.46. The van der Waals surface area contributed by atoms with E-state index in [9.17, 15) is 0 Å². The molecule has 0 N–H and O–H groups in total. The fourth-order valence-corrected chi connectivity index (χ4v) is 5.42. The Balaban J connectivity index is 1.83. The van der Waals surface area contributed by atoms with Crippen LogP contribution in [-0.2, 0) is 0 Å². The maximum absolute atomic E-state index is 6.43. The van der Waals surface area contributed by atoms with Crippen molar-refractivity contribution in [3.05, 3.63) is 77.8 Å². The van der Waals surface area contributed by atoms with Gasteiger partial charge in [-0.1, -0.05) is 65.0 Å². The number of para-hydroxylation sites is 1. The summed E-state index contributed by atoms with van der Waals surface area (Å²) in [6.07, 6.45) is 1.90. The maximum atomic E-state index is 6.43. The number of furan rings is 1. The summed E-state index contributed by atoms with van der Waals surface area (Å²) < 4.78 is 6.43. The van der Waals surface area contributed by atoms with E-state index in [1.54, 1.807) is 6.20 Å². The van der Waals surface area contributed by atoms with Crippen LogP contribution < -0.4 is 9.80 Å². The summed E-state index contributed by atoms with van der Waals surface area (Å²) in [6.45, 7) is 16.0. The predicted octanol–water partition coefficient (Wildman–Crippen LogP) is 7.88. The smallest absolute Gasteiger partial charge is 0.227 e. The lowest BCUT2D eigenvalue weighted by Gasteiger charge is -2.43. The van der Waals surface area contributed by atoms with Gasteiger partial charge in [-0.05, 0) is 49.6 Å².